The lowest BCUT2D eigenvalue weighted by atomic mass is 10.4. The highest BCUT2D eigenvalue weighted by Gasteiger charge is 2.14. The van der Waals surface area contributed by atoms with E-state index in [1.807, 2.05) is 37.8 Å². The van der Waals surface area contributed by atoms with Gasteiger partial charge in [0.25, 0.3) is 0 Å². The summed E-state index contributed by atoms with van der Waals surface area (Å²) in [5.74, 6) is 1.95. The van der Waals surface area contributed by atoms with Gasteiger partial charge in [-0.1, -0.05) is 0 Å². The smallest absolute Gasteiger partial charge is 0.323 e. The summed E-state index contributed by atoms with van der Waals surface area (Å²) in [5.41, 5.74) is 0. The molecule has 0 amide bonds. The standard InChI is InChI=1S/C14H21N5O2/c1-4-15-12-16-13(18-14(17-12)20-6-3)19(5-2)10-11-8-7-9-21-11/h7-9H,4-6,10H2,1-3H3,(H,15,16,17,18). The topological polar surface area (TPSA) is 76.3 Å². The van der Waals surface area contributed by atoms with Gasteiger partial charge < -0.3 is 19.4 Å². The van der Waals surface area contributed by atoms with Gasteiger partial charge in [-0.2, -0.15) is 15.0 Å². The SMILES string of the molecule is CCNc1nc(OCC)nc(N(CC)Cc2ccco2)n1. The van der Waals surface area contributed by atoms with Gasteiger partial charge in [-0.05, 0) is 32.9 Å². The third-order valence-electron chi connectivity index (χ3n) is 2.80. The highest BCUT2D eigenvalue weighted by atomic mass is 16.5. The highest BCUT2D eigenvalue weighted by Crippen LogP contribution is 2.17. The molecule has 114 valence electrons. The van der Waals surface area contributed by atoms with Crippen LogP contribution < -0.4 is 15.0 Å². The van der Waals surface area contributed by atoms with Crippen LogP contribution in [0.4, 0.5) is 11.9 Å². The first-order chi connectivity index (χ1) is 10.3. The summed E-state index contributed by atoms with van der Waals surface area (Å²) in [5, 5.41) is 3.09. The number of hydrogen-bond acceptors (Lipinski definition) is 7. The van der Waals surface area contributed by atoms with E-state index >= 15 is 0 Å². The molecule has 0 aliphatic rings. The second kappa shape index (κ2) is 7.47. The first-order valence-corrected chi connectivity index (χ1v) is 7.16. The van der Waals surface area contributed by atoms with Crippen molar-refractivity contribution >= 4 is 11.9 Å². The molecule has 0 aliphatic carbocycles. The Morgan fingerprint density at radius 3 is 2.71 bits per heavy atom. The number of nitrogens with one attached hydrogen (secondary N) is 1. The maximum atomic E-state index is 5.41. The Balaban J connectivity index is 2.25. The summed E-state index contributed by atoms with van der Waals surface area (Å²) in [6.07, 6.45) is 1.66. The minimum absolute atomic E-state index is 0.330. The lowest BCUT2D eigenvalue weighted by Gasteiger charge is -2.20. The van der Waals surface area contributed by atoms with Gasteiger partial charge in [0, 0.05) is 13.1 Å². The van der Waals surface area contributed by atoms with Gasteiger partial charge in [0.2, 0.25) is 11.9 Å². The molecule has 2 heterocycles. The quantitative estimate of drug-likeness (QED) is 0.799. The molecule has 7 nitrogen and oxygen atoms in total. The molecule has 0 aliphatic heterocycles. The Hall–Kier alpha value is -2.31. The van der Waals surface area contributed by atoms with Crippen LogP contribution in [0, 0.1) is 0 Å². The fraction of sp³-hybridized carbons (Fsp3) is 0.500. The Morgan fingerprint density at radius 2 is 2.10 bits per heavy atom. The Morgan fingerprint density at radius 1 is 1.24 bits per heavy atom. The first kappa shape index (κ1) is 15.1. The molecule has 2 aromatic rings. The van der Waals surface area contributed by atoms with Crippen LogP contribution >= 0.6 is 0 Å². The molecule has 0 bridgehead atoms. The minimum atomic E-state index is 0.330. The van der Waals surface area contributed by atoms with Crippen LogP contribution in [0.2, 0.25) is 0 Å². The molecule has 0 aromatic carbocycles. The monoisotopic (exact) mass is 291 g/mol. The zero-order valence-electron chi connectivity index (χ0n) is 12.7. The molecule has 0 spiro atoms. The molecule has 0 saturated heterocycles. The van der Waals surface area contributed by atoms with Crippen LogP contribution in [0.15, 0.2) is 22.8 Å². The maximum Gasteiger partial charge on any atom is 0.323 e. The second-order valence-corrected chi connectivity index (χ2v) is 4.30. The van der Waals surface area contributed by atoms with Gasteiger partial charge in [-0.3, -0.25) is 0 Å². The van der Waals surface area contributed by atoms with E-state index in [1.54, 1.807) is 6.26 Å². The number of nitrogens with zero attached hydrogens (tertiary/aromatic N) is 4. The van der Waals surface area contributed by atoms with Crippen molar-refractivity contribution in [2.24, 2.45) is 0 Å². The van der Waals surface area contributed by atoms with Gasteiger partial charge in [0.15, 0.2) is 0 Å². The van der Waals surface area contributed by atoms with Crippen molar-refractivity contribution in [3.63, 3.8) is 0 Å². The molecule has 2 rings (SSSR count). The molecule has 0 fully saturated rings. The van der Waals surface area contributed by atoms with E-state index in [9.17, 15) is 0 Å². The van der Waals surface area contributed by atoms with Crippen LogP contribution in [0.25, 0.3) is 0 Å². The largest absolute Gasteiger partial charge is 0.467 e. The summed E-state index contributed by atoms with van der Waals surface area (Å²) in [4.78, 5) is 15.0. The van der Waals surface area contributed by atoms with Gasteiger partial charge in [-0.15, -0.1) is 0 Å². The number of ether oxygens (including phenoxy) is 1. The normalized spacial score (nSPS) is 10.4. The van der Waals surface area contributed by atoms with Crippen LogP contribution in [0.3, 0.4) is 0 Å². The average molecular weight is 291 g/mol. The predicted octanol–water partition coefficient (Wildman–Crippen LogP) is 2.32. The third kappa shape index (κ3) is 4.08. The van der Waals surface area contributed by atoms with Crippen molar-refractivity contribution in [2.45, 2.75) is 27.3 Å². The molecule has 0 unspecified atom stereocenters. The number of hydrogen-bond donors (Lipinski definition) is 1. The lowest BCUT2D eigenvalue weighted by Crippen LogP contribution is -2.25. The summed E-state index contributed by atoms with van der Waals surface area (Å²) < 4.78 is 10.8. The third-order valence-corrected chi connectivity index (χ3v) is 2.80. The molecule has 2 aromatic heterocycles. The van der Waals surface area contributed by atoms with Gasteiger partial charge in [0.05, 0.1) is 19.4 Å². The van der Waals surface area contributed by atoms with Gasteiger partial charge in [-0.25, -0.2) is 0 Å². The summed E-state index contributed by atoms with van der Waals surface area (Å²) >= 11 is 0. The molecule has 7 heteroatoms. The van der Waals surface area contributed by atoms with Crippen molar-refractivity contribution in [3.05, 3.63) is 24.2 Å². The zero-order valence-corrected chi connectivity index (χ0v) is 12.7. The molecule has 0 radical (unpaired) electrons. The average Bonchev–Trinajstić information content (AvgIpc) is 2.98. The Kier molecular flexibility index (Phi) is 5.36. The lowest BCUT2D eigenvalue weighted by molar-refractivity contribution is 0.312. The van der Waals surface area contributed by atoms with Crippen LogP contribution in [0.5, 0.6) is 6.01 Å². The van der Waals surface area contributed by atoms with Gasteiger partial charge >= 0.3 is 6.01 Å². The van der Waals surface area contributed by atoms with E-state index in [0.29, 0.717) is 31.1 Å². The van der Waals surface area contributed by atoms with E-state index in [2.05, 4.69) is 20.3 Å². The van der Waals surface area contributed by atoms with Crippen molar-refractivity contribution in [1.82, 2.24) is 15.0 Å². The molecular formula is C14H21N5O2. The fourth-order valence-corrected chi connectivity index (χ4v) is 1.83. The fourth-order valence-electron chi connectivity index (χ4n) is 1.83. The van der Waals surface area contributed by atoms with E-state index in [0.717, 1.165) is 18.8 Å². The van der Waals surface area contributed by atoms with Crippen LogP contribution in [-0.2, 0) is 6.54 Å². The molecule has 1 N–H and O–H groups in total. The zero-order chi connectivity index (χ0) is 15.1. The second-order valence-electron chi connectivity index (χ2n) is 4.30. The number of rotatable bonds is 8. The van der Waals surface area contributed by atoms with Crippen molar-refractivity contribution in [1.29, 1.82) is 0 Å². The predicted molar refractivity (Wildman–Crippen MR) is 80.6 cm³/mol. The summed E-state index contributed by atoms with van der Waals surface area (Å²) in [7, 11) is 0. The van der Waals surface area contributed by atoms with Crippen molar-refractivity contribution in [2.75, 3.05) is 29.9 Å². The maximum absolute atomic E-state index is 5.41. The summed E-state index contributed by atoms with van der Waals surface area (Å²) in [6, 6.07) is 4.13. The van der Waals surface area contributed by atoms with Crippen molar-refractivity contribution < 1.29 is 9.15 Å². The molecule has 0 saturated carbocycles. The summed E-state index contributed by atoms with van der Waals surface area (Å²) in [6.45, 7) is 8.53. The number of aromatic nitrogens is 3. The van der Waals surface area contributed by atoms with Gasteiger partial charge in [0.1, 0.15) is 5.76 Å². The molecule has 21 heavy (non-hydrogen) atoms. The first-order valence-electron chi connectivity index (χ1n) is 7.16. The van der Waals surface area contributed by atoms with Crippen LogP contribution in [-0.4, -0.2) is 34.6 Å². The number of furan rings is 1. The van der Waals surface area contributed by atoms with E-state index in [4.69, 9.17) is 9.15 Å². The highest BCUT2D eigenvalue weighted by molar-refractivity contribution is 5.38. The van der Waals surface area contributed by atoms with Crippen molar-refractivity contribution in [3.8, 4) is 6.01 Å². The molecular weight excluding hydrogens is 270 g/mol. The minimum Gasteiger partial charge on any atom is -0.467 e. The van der Waals surface area contributed by atoms with E-state index in [1.165, 1.54) is 0 Å². The van der Waals surface area contributed by atoms with E-state index < -0.39 is 0 Å². The van der Waals surface area contributed by atoms with E-state index in [-0.39, 0.29) is 0 Å². The Labute approximate surface area is 124 Å². The molecule has 0 atom stereocenters. The Bertz CT molecular complexity index is 520. The van der Waals surface area contributed by atoms with Crippen LogP contribution in [0.1, 0.15) is 26.5 Å². The number of anilines is 2.